The molecule has 8 nitrogen and oxygen atoms in total. The summed E-state index contributed by atoms with van der Waals surface area (Å²) in [7, 11) is 0. The van der Waals surface area contributed by atoms with E-state index in [0.717, 1.165) is 17.7 Å². The Morgan fingerprint density at radius 1 is 1.14 bits per heavy atom. The highest BCUT2D eigenvalue weighted by Crippen LogP contribution is 2.10. The van der Waals surface area contributed by atoms with Crippen molar-refractivity contribution >= 4 is 11.8 Å². The molecule has 0 fully saturated rings. The van der Waals surface area contributed by atoms with Crippen molar-refractivity contribution in [1.29, 1.82) is 0 Å². The topological polar surface area (TPSA) is 102 Å². The van der Waals surface area contributed by atoms with Crippen molar-refractivity contribution in [3.63, 3.8) is 0 Å². The Hall–Kier alpha value is -3.69. The molecule has 2 N–H and O–H groups in total. The van der Waals surface area contributed by atoms with Gasteiger partial charge in [-0.05, 0) is 24.6 Å². The number of aromatic nitrogens is 4. The van der Waals surface area contributed by atoms with Gasteiger partial charge in [-0.3, -0.25) is 9.59 Å². The van der Waals surface area contributed by atoms with E-state index in [2.05, 4.69) is 25.7 Å². The fraction of sp³-hybridized carbons (Fsp3) is 0.211. The van der Waals surface area contributed by atoms with Crippen molar-refractivity contribution in [1.82, 2.24) is 30.4 Å². The van der Waals surface area contributed by atoms with Crippen LogP contribution in [-0.2, 0) is 11.3 Å². The predicted octanol–water partition coefficient (Wildman–Crippen LogP) is 1.77. The van der Waals surface area contributed by atoms with Crippen LogP contribution in [-0.4, -0.2) is 38.1 Å². The Labute approximate surface area is 165 Å². The zero-order valence-electron chi connectivity index (χ0n) is 15.3. The van der Waals surface area contributed by atoms with Crippen LogP contribution in [0.5, 0.6) is 0 Å². The number of rotatable bonds is 8. The van der Waals surface area contributed by atoms with Crippen LogP contribution in [0, 0.1) is 11.6 Å². The van der Waals surface area contributed by atoms with Gasteiger partial charge in [-0.25, -0.2) is 23.4 Å². The second kappa shape index (κ2) is 9.49. The van der Waals surface area contributed by atoms with Gasteiger partial charge in [0, 0.05) is 37.3 Å². The molecule has 29 heavy (non-hydrogen) atoms. The molecule has 1 aromatic carbocycles. The van der Waals surface area contributed by atoms with Gasteiger partial charge in [-0.2, -0.15) is 5.10 Å². The molecule has 0 atom stereocenters. The number of hydrogen-bond acceptors (Lipinski definition) is 5. The molecule has 2 amide bonds. The molecule has 0 aliphatic carbocycles. The second-order valence-corrected chi connectivity index (χ2v) is 6.09. The molecule has 0 unspecified atom stereocenters. The number of carbonyl (C=O) groups is 2. The summed E-state index contributed by atoms with van der Waals surface area (Å²) in [4.78, 5) is 32.0. The first kappa shape index (κ1) is 20.1. The van der Waals surface area contributed by atoms with Crippen molar-refractivity contribution in [2.24, 2.45) is 0 Å². The zero-order valence-corrected chi connectivity index (χ0v) is 15.3. The Kier molecular flexibility index (Phi) is 6.56. The van der Waals surface area contributed by atoms with Gasteiger partial charge < -0.3 is 10.6 Å². The van der Waals surface area contributed by atoms with E-state index in [1.807, 2.05) is 6.07 Å². The molecule has 3 rings (SSSR count). The first-order valence-electron chi connectivity index (χ1n) is 8.83. The van der Waals surface area contributed by atoms with Crippen molar-refractivity contribution in [2.75, 3.05) is 6.54 Å². The van der Waals surface area contributed by atoms with Crippen LogP contribution in [0.25, 0.3) is 5.82 Å². The number of pyridine rings is 1. The molecule has 0 bridgehead atoms. The molecular formula is C19H18F2N6O2. The maximum absolute atomic E-state index is 13.6. The van der Waals surface area contributed by atoms with Crippen molar-refractivity contribution < 1.29 is 18.4 Å². The molecule has 0 aliphatic heterocycles. The molecule has 0 saturated carbocycles. The standard InChI is InChI=1S/C19H18F2N6O2/c20-14-5-6-15(16(21)9-14)19(29)24-8-2-4-17(28)25-10-13-3-1-7-23-18(13)27-12-22-11-26-27/h1,3,5-7,9,11-12H,2,4,8,10H2,(H,24,29)(H,25,28). The van der Waals surface area contributed by atoms with Gasteiger partial charge in [0.1, 0.15) is 24.3 Å². The van der Waals surface area contributed by atoms with Crippen LogP contribution in [0.3, 0.4) is 0 Å². The fourth-order valence-electron chi connectivity index (χ4n) is 2.59. The van der Waals surface area contributed by atoms with Crippen LogP contribution in [0.4, 0.5) is 8.78 Å². The van der Waals surface area contributed by atoms with Gasteiger partial charge >= 0.3 is 0 Å². The summed E-state index contributed by atoms with van der Waals surface area (Å²) >= 11 is 0. The Bertz CT molecular complexity index is 994. The number of carbonyl (C=O) groups excluding carboxylic acids is 2. The number of nitrogens with zero attached hydrogens (tertiary/aromatic N) is 4. The first-order valence-corrected chi connectivity index (χ1v) is 8.83. The van der Waals surface area contributed by atoms with Gasteiger partial charge in [0.15, 0.2) is 5.82 Å². The first-order chi connectivity index (χ1) is 14.0. The van der Waals surface area contributed by atoms with Gasteiger partial charge in [-0.1, -0.05) is 6.07 Å². The molecule has 0 spiro atoms. The van der Waals surface area contributed by atoms with E-state index in [9.17, 15) is 18.4 Å². The summed E-state index contributed by atoms with van der Waals surface area (Å²) in [5.41, 5.74) is 0.527. The van der Waals surface area contributed by atoms with Gasteiger partial charge in [-0.15, -0.1) is 0 Å². The Balaban J connectivity index is 1.43. The summed E-state index contributed by atoms with van der Waals surface area (Å²) in [6.45, 7) is 0.440. The average Bonchev–Trinajstić information content (AvgIpc) is 3.24. The number of amides is 2. The van der Waals surface area contributed by atoms with Crippen LogP contribution in [0.1, 0.15) is 28.8 Å². The average molecular weight is 400 g/mol. The molecule has 3 aromatic rings. The van der Waals surface area contributed by atoms with Crippen LogP contribution >= 0.6 is 0 Å². The molecule has 10 heteroatoms. The normalized spacial score (nSPS) is 10.6. The molecular weight excluding hydrogens is 382 g/mol. The van der Waals surface area contributed by atoms with E-state index in [1.54, 1.807) is 12.3 Å². The van der Waals surface area contributed by atoms with E-state index < -0.39 is 17.5 Å². The monoisotopic (exact) mass is 400 g/mol. The quantitative estimate of drug-likeness (QED) is 0.561. The lowest BCUT2D eigenvalue weighted by Gasteiger charge is -2.10. The summed E-state index contributed by atoms with van der Waals surface area (Å²) in [5.74, 6) is -1.98. The summed E-state index contributed by atoms with van der Waals surface area (Å²) < 4.78 is 27.9. The van der Waals surface area contributed by atoms with Crippen molar-refractivity contribution in [3.8, 4) is 5.82 Å². The SMILES string of the molecule is O=C(CCCNC(=O)c1ccc(F)cc1F)NCc1cccnc1-n1cncn1. The van der Waals surface area contributed by atoms with E-state index in [-0.39, 0.29) is 31.0 Å². The van der Waals surface area contributed by atoms with Gasteiger partial charge in [0.2, 0.25) is 5.91 Å². The van der Waals surface area contributed by atoms with Gasteiger partial charge in [0.25, 0.3) is 5.91 Å². The Morgan fingerprint density at radius 3 is 2.76 bits per heavy atom. The highest BCUT2D eigenvalue weighted by molar-refractivity contribution is 5.94. The Morgan fingerprint density at radius 2 is 2.00 bits per heavy atom. The minimum Gasteiger partial charge on any atom is -0.352 e. The minimum absolute atomic E-state index is 0.172. The molecule has 0 aliphatic rings. The highest BCUT2D eigenvalue weighted by Gasteiger charge is 2.12. The largest absolute Gasteiger partial charge is 0.352 e. The summed E-state index contributed by atoms with van der Waals surface area (Å²) in [6, 6.07) is 6.31. The highest BCUT2D eigenvalue weighted by atomic mass is 19.1. The van der Waals surface area contributed by atoms with Crippen LogP contribution in [0.15, 0.2) is 49.2 Å². The van der Waals surface area contributed by atoms with E-state index in [1.165, 1.54) is 17.3 Å². The number of halogens is 2. The summed E-state index contributed by atoms with van der Waals surface area (Å²) in [6.07, 6.45) is 5.06. The molecule has 150 valence electrons. The molecule has 2 heterocycles. The fourth-order valence-corrected chi connectivity index (χ4v) is 2.59. The second-order valence-electron chi connectivity index (χ2n) is 6.09. The molecule has 2 aromatic heterocycles. The smallest absolute Gasteiger partial charge is 0.254 e. The number of nitrogens with one attached hydrogen (secondary N) is 2. The lowest BCUT2D eigenvalue weighted by Crippen LogP contribution is -2.28. The maximum atomic E-state index is 13.6. The molecule has 0 saturated heterocycles. The van der Waals surface area contributed by atoms with E-state index in [4.69, 9.17) is 0 Å². The minimum atomic E-state index is -0.931. The third-order valence-electron chi connectivity index (χ3n) is 4.02. The number of benzene rings is 1. The summed E-state index contributed by atoms with van der Waals surface area (Å²) in [5, 5.41) is 9.32. The third kappa shape index (κ3) is 5.41. The van der Waals surface area contributed by atoms with Crippen molar-refractivity contribution in [3.05, 3.63) is 71.9 Å². The van der Waals surface area contributed by atoms with E-state index >= 15 is 0 Å². The van der Waals surface area contributed by atoms with E-state index in [0.29, 0.717) is 18.3 Å². The lowest BCUT2D eigenvalue weighted by molar-refractivity contribution is -0.121. The third-order valence-corrected chi connectivity index (χ3v) is 4.02. The van der Waals surface area contributed by atoms with Crippen LogP contribution in [0.2, 0.25) is 0 Å². The van der Waals surface area contributed by atoms with Crippen LogP contribution < -0.4 is 10.6 Å². The van der Waals surface area contributed by atoms with Gasteiger partial charge in [0.05, 0.1) is 5.56 Å². The molecule has 0 radical (unpaired) electrons. The maximum Gasteiger partial charge on any atom is 0.254 e. The van der Waals surface area contributed by atoms with Crippen molar-refractivity contribution in [2.45, 2.75) is 19.4 Å². The predicted molar refractivity (Wildman–Crippen MR) is 98.9 cm³/mol. The zero-order chi connectivity index (χ0) is 20.6. The number of hydrogen-bond donors (Lipinski definition) is 2. The lowest BCUT2D eigenvalue weighted by atomic mass is 10.2.